The molecule has 1 atom stereocenters. The Balaban J connectivity index is 1.71. The summed E-state index contributed by atoms with van der Waals surface area (Å²) < 4.78 is 10.8. The molecule has 0 radical (unpaired) electrons. The highest BCUT2D eigenvalue weighted by Gasteiger charge is 2.39. The Hall–Kier alpha value is -3.35. The number of carboxylic acids is 1. The molecule has 0 aliphatic carbocycles. The van der Waals surface area contributed by atoms with E-state index in [4.69, 9.17) is 8.83 Å². The maximum absolute atomic E-state index is 12.5. The average Bonchev–Trinajstić information content (AvgIpc) is 3.34. The summed E-state index contributed by atoms with van der Waals surface area (Å²) in [5, 5.41) is 12.6. The van der Waals surface area contributed by atoms with Crippen molar-refractivity contribution in [3.8, 4) is 11.7 Å². The van der Waals surface area contributed by atoms with Crippen LogP contribution in [0, 0.1) is 6.92 Å². The minimum Gasteiger partial charge on any atom is -0.481 e. The monoisotopic (exact) mass is 382 g/mol. The third kappa shape index (κ3) is 3.83. The number of hydrogen-bond acceptors (Lipinski definition) is 5. The van der Waals surface area contributed by atoms with Gasteiger partial charge in [0.2, 0.25) is 5.91 Å². The summed E-state index contributed by atoms with van der Waals surface area (Å²) in [7, 11) is 0. The third-order valence-electron chi connectivity index (χ3n) is 4.88. The van der Waals surface area contributed by atoms with Gasteiger partial charge in [-0.05, 0) is 31.0 Å². The van der Waals surface area contributed by atoms with E-state index in [1.807, 2.05) is 6.07 Å². The molecule has 28 heavy (non-hydrogen) atoms. The number of aliphatic carboxylic acids is 1. The maximum atomic E-state index is 12.5. The molecule has 2 heterocycles. The van der Waals surface area contributed by atoms with Crippen LogP contribution in [-0.4, -0.2) is 28.5 Å². The standard InChI is InChI=1S/C21H22N2O5/c1-3-21(20(25)26,15-8-5-4-6-9-15)13-22-18(24)12-16-14(2)28-19(23-16)17-10-7-11-27-17/h4-11H,3,12-13H2,1-2H3,(H,22,24)(H,25,26). The molecule has 7 nitrogen and oxygen atoms in total. The van der Waals surface area contributed by atoms with Crippen molar-refractivity contribution in [1.82, 2.24) is 10.3 Å². The fourth-order valence-corrected chi connectivity index (χ4v) is 3.10. The number of hydrogen-bond donors (Lipinski definition) is 2. The summed E-state index contributed by atoms with van der Waals surface area (Å²) >= 11 is 0. The molecule has 3 aromatic rings. The van der Waals surface area contributed by atoms with Crippen molar-refractivity contribution in [3.63, 3.8) is 0 Å². The van der Waals surface area contributed by atoms with E-state index in [9.17, 15) is 14.7 Å². The first-order valence-corrected chi connectivity index (χ1v) is 9.02. The van der Waals surface area contributed by atoms with Crippen LogP contribution in [0.15, 0.2) is 57.6 Å². The molecular formula is C21H22N2O5. The summed E-state index contributed by atoms with van der Waals surface area (Å²) in [6.07, 6.45) is 1.85. The van der Waals surface area contributed by atoms with Crippen LogP contribution in [0.25, 0.3) is 11.7 Å². The van der Waals surface area contributed by atoms with Crippen molar-refractivity contribution < 1.29 is 23.5 Å². The van der Waals surface area contributed by atoms with Gasteiger partial charge in [0, 0.05) is 6.54 Å². The summed E-state index contributed by atoms with van der Waals surface area (Å²) in [5.41, 5.74) is -0.0428. The van der Waals surface area contributed by atoms with Crippen LogP contribution in [0.4, 0.5) is 0 Å². The summed E-state index contributed by atoms with van der Waals surface area (Å²) in [5.74, 6) is 0.0129. The molecule has 0 spiro atoms. The number of benzene rings is 1. The molecule has 0 fully saturated rings. The van der Waals surface area contributed by atoms with Gasteiger partial charge in [-0.15, -0.1) is 0 Å². The molecule has 1 amide bonds. The molecule has 0 bridgehead atoms. The number of rotatable bonds is 8. The highest BCUT2D eigenvalue weighted by atomic mass is 16.4. The molecule has 0 saturated heterocycles. The lowest BCUT2D eigenvalue weighted by atomic mass is 9.78. The molecule has 7 heteroatoms. The van der Waals surface area contributed by atoms with Crippen LogP contribution in [0.5, 0.6) is 0 Å². The van der Waals surface area contributed by atoms with Crippen molar-refractivity contribution in [2.45, 2.75) is 32.1 Å². The number of carbonyl (C=O) groups is 2. The number of amides is 1. The zero-order valence-electron chi connectivity index (χ0n) is 15.8. The Morgan fingerprint density at radius 3 is 2.54 bits per heavy atom. The second-order valence-corrected chi connectivity index (χ2v) is 6.56. The lowest BCUT2D eigenvalue weighted by Gasteiger charge is -2.29. The SMILES string of the molecule is CCC(CNC(=O)Cc1nc(-c2ccco2)oc1C)(C(=O)O)c1ccccc1. The van der Waals surface area contributed by atoms with E-state index < -0.39 is 11.4 Å². The minimum atomic E-state index is -1.19. The van der Waals surface area contributed by atoms with Gasteiger partial charge >= 0.3 is 5.97 Å². The van der Waals surface area contributed by atoms with E-state index >= 15 is 0 Å². The number of nitrogens with one attached hydrogen (secondary N) is 1. The summed E-state index contributed by atoms with van der Waals surface area (Å²) in [6.45, 7) is 3.51. The molecule has 0 saturated carbocycles. The Bertz CT molecular complexity index is 947. The average molecular weight is 382 g/mol. The normalized spacial score (nSPS) is 13.1. The molecule has 2 aromatic heterocycles. The summed E-state index contributed by atoms with van der Waals surface area (Å²) in [4.78, 5) is 28.8. The van der Waals surface area contributed by atoms with E-state index in [0.29, 0.717) is 35.1 Å². The van der Waals surface area contributed by atoms with Crippen LogP contribution in [0.2, 0.25) is 0 Å². The smallest absolute Gasteiger partial charge is 0.315 e. The lowest BCUT2D eigenvalue weighted by Crippen LogP contribution is -2.46. The second kappa shape index (κ2) is 8.12. The number of carboxylic acid groups (broad SMARTS) is 1. The largest absolute Gasteiger partial charge is 0.481 e. The zero-order chi connectivity index (χ0) is 20.1. The van der Waals surface area contributed by atoms with Crippen molar-refractivity contribution in [2.75, 3.05) is 6.54 Å². The molecular weight excluding hydrogens is 360 g/mol. The van der Waals surface area contributed by atoms with Gasteiger partial charge in [-0.2, -0.15) is 0 Å². The third-order valence-corrected chi connectivity index (χ3v) is 4.88. The molecule has 3 rings (SSSR count). The van der Waals surface area contributed by atoms with E-state index in [1.54, 1.807) is 50.2 Å². The van der Waals surface area contributed by atoms with Crippen LogP contribution >= 0.6 is 0 Å². The molecule has 2 N–H and O–H groups in total. The molecule has 146 valence electrons. The predicted molar refractivity (Wildman–Crippen MR) is 102 cm³/mol. The van der Waals surface area contributed by atoms with E-state index in [-0.39, 0.29) is 18.9 Å². The van der Waals surface area contributed by atoms with Gasteiger partial charge in [0.25, 0.3) is 5.89 Å². The predicted octanol–water partition coefficient (Wildman–Crippen LogP) is 3.33. The molecule has 1 unspecified atom stereocenters. The molecule has 1 aromatic carbocycles. The first kappa shape index (κ1) is 19.4. The fourth-order valence-electron chi connectivity index (χ4n) is 3.10. The van der Waals surface area contributed by atoms with Gasteiger partial charge in [0.1, 0.15) is 11.2 Å². The lowest BCUT2D eigenvalue weighted by molar-refractivity contribution is -0.144. The number of furan rings is 1. The van der Waals surface area contributed by atoms with Gasteiger partial charge in [-0.25, -0.2) is 4.98 Å². The van der Waals surface area contributed by atoms with Crippen molar-refractivity contribution in [3.05, 3.63) is 65.7 Å². The van der Waals surface area contributed by atoms with Gasteiger partial charge in [-0.1, -0.05) is 37.3 Å². The molecule has 0 aliphatic rings. The number of carbonyl (C=O) groups excluding carboxylic acids is 1. The first-order chi connectivity index (χ1) is 13.5. The number of aryl methyl sites for hydroxylation is 1. The van der Waals surface area contributed by atoms with Gasteiger partial charge in [0.05, 0.1) is 18.4 Å². The van der Waals surface area contributed by atoms with Gasteiger partial charge in [-0.3, -0.25) is 9.59 Å². The highest BCUT2D eigenvalue weighted by Crippen LogP contribution is 2.28. The number of oxazole rings is 1. The molecule has 0 aliphatic heterocycles. The topological polar surface area (TPSA) is 106 Å². The minimum absolute atomic E-state index is 0.00968. The van der Waals surface area contributed by atoms with Gasteiger partial charge in [0.15, 0.2) is 5.76 Å². The zero-order valence-corrected chi connectivity index (χ0v) is 15.8. The van der Waals surface area contributed by atoms with Crippen molar-refractivity contribution in [1.29, 1.82) is 0 Å². The van der Waals surface area contributed by atoms with Crippen LogP contribution in [0.3, 0.4) is 0 Å². The van der Waals surface area contributed by atoms with Crippen molar-refractivity contribution in [2.24, 2.45) is 0 Å². The fraction of sp³-hybridized carbons (Fsp3) is 0.286. The van der Waals surface area contributed by atoms with Crippen LogP contribution in [0.1, 0.15) is 30.4 Å². The van der Waals surface area contributed by atoms with Crippen molar-refractivity contribution >= 4 is 11.9 Å². The number of nitrogens with zero attached hydrogens (tertiary/aromatic N) is 1. The Kier molecular flexibility index (Phi) is 5.63. The van der Waals surface area contributed by atoms with E-state index in [2.05, 4.69) is 10.3 Å². The quantitative estimate of drug-likeness (QED) is 0.619. The number of aromatic nitrogens is 1. The van der Waals surface area contributed by atoms with Crippen LogP contribution in [-0.2, 0) is 21.4 Å². The van der Waals surface area contributed by atoms with E-state index in [0.717, 1.165) is 0 Å². The van der Waals surface area contributed by atoms with Gasteiger partial charge < -0.3 is 19.3 Å². The summed E-state index contributed by atoms with van der Waals surface area (Å²) in [6, 6.07) is 12.4. The maximum Gasteiger partial charge on any atom is 0.315 e. The Morgan fingerprint density at radius 2 is 1.93 bits per heavy atom. The highest BCUT2D eigenvalue weighted by molar-refractivity contribution is 5.84. The Morgan fingerprint density at radius 1 is 1.18 bits per heavy atom. The van der Waals surface area contributed by atoms with E-state index in [1.165, 1.54) is 6.26 Å². The second-order valence-electron chi connectivity index (χ2n) is 6.56. The Labute approximate surface area is 162 Å². The first-order valence-electron chi connectivity index (χ1n) is 9.02. The van der Waals surface area contributed by atoms with Crippen LogP contribution < -0.4 is 5.32 Å².